The van der Waals surface area contributed by atoms with Crippen LogP contribution in [0.4, 0.5) is 0 Å². The molecule has 1 aliphatic heterocycles. The number of hydrogen-bond acceptors (Lipinski definition) is 11. The largest absolute Gasteiger partial charge is 0.462 e. The fourth-order valence-electron chi connectivity index (χ4n) is 4.71. The number of allylic oxidation sites excluding steroid dienone is 18. The van der Waals surface area contributed by atoms with Crippen LogP contribution in [0.5, 0.6) is 0 Å². The number of carbonyl (C=O) groups excluding carboxylic acids is 2. The van der Waals surface area contributed by atoms with E-state index in [4.69, 9.17) is 18.9 Å². The lowest BCUT2D eigenvalue weighted by atomic mass is 10.00. The zero-order valence-corrected chi connectivity index (χ0v) is 32.3. The molecule has 0 spiro atoms. The van der Waals surface area contributed by atoms with Gasteiger partial charge in [-0.1, -0.05) is 130 Å². The second-order valence-corrected chi connectivity index (χ2v) is 13.8. The Morgan fingerprint density at radius 1 is 0.630 bits per heavy atom. The fraction of sp³-hybridized carbons (Fsp3) is 0.512. The molecule has 0 aromatic rings. The van der Waals surface area contributed by atoms with Crippen LogP contribution in [0.15, 0.2) is 109 Å². The Balaban J connectivity index is 2.65. The summed E-state index contributed by atoms with van der Waals surface area (Å²) in [6.45, 7) is 3.31. The van der Waals surface area contributed by atoms with E-state index in [9.17, 15) is 37.9 Å². The van der Waals surface area contributed by atoms with Crippen molar-refractivity contribution in [2.45, 2.75) is 115 Å². The first-order chi connectivity index (χ1) is 26.0. The van der Waals surface area contributed by atoms with E-state index in [1.54, 1.807) is 0 Å². The SMILES string of the molecule is CC/C=C/C=C/C=C/C=C/C=C/CCCC(=O)OCC(CO[C@@H]1O[C@@H](CS(=O)(=O)O)[C@H](O)C(O)C1O)OC(=O)CCCCC/C=C/C=C/C=C/C=C/CC. The van der Waals surface area contributed by atoms with E-state index in [1.165, 1.54) is 0 Å². The first kappa shape index (κ1) is 48.3. The molecule has 13 heteroatoms. The molecule has 1 fully saturated rings. The minimum absolute atomic E-state index is 0.0948. The third-order valence-corrected chi connectivity index (χ3v) is 8.32. The van der Waals surface area contributed by atoms with Gasteiger partial charge in [-0.25, -0.2) is 0 Å². The number of aliphatic hydroxyl groups excluding tert-OH is 3. The van der Waals surface area contributed by atoms with Gasteiger partial charge in [0.25, 0.3) is 10.1 Å². The molecule has 1 saturated heterocycles. The first-order valence-electron chi connectivity index (χ1n) is 18.6. The standard InChI is InChI=1S/C41H60O12S/c1-3-5-7-9-11-13-15-17-19-21-23-25-27-29-36(42)50-31-34(32-51-41-40(46)39(45)38(44)35(53-41)33-54(47,48)49)52-37(43)30-28-26-24-22-20-18-16-14-12-10-8-6-4-2/h5-21,23,34-35,38-41,44-46H,3-4,22,24-33H2,1-2H3,(H,47,48,49)/b7-5+,8-6+,11-9+,12-10+,15-13+,16-14+,19-17+,20-18+,23-21+/t34?,35-,38-,39?,40?,41+/m0/s1. The lowest BCUT2D eigenvalue weighted by Crippen LogP contribution is -2.60. The van der Waals surface area contributed by atoms with E-state index in [-0.39, 0.29) is 19.4 Å². The average Bonchev–Trinajstić information content (AvgIpc) is 3.13. The Morgan fingerprint density at radius 2 is 1.13 bits per heavy atom. The summed E-state index contributed by atoms with van der Waals surface area (Å²) in [4.78, 5) is 25.2. The van der Waals surface area contributed by atoms with E-state index in [1.807, 2.05) is 97.2 Å². The predicted octanol–water partition coefficient (Wildman–Crippen LogP) is 6.10. The van der Waals surface area contributed by atoms with Gasteiger partial charge in [-0.15, -0.1) is 0 Å². The number of esters is 2. The second kappa shape index (κ2) is 30.6. The molecule has 3 unspecified atom stereocenters. The number of unbranched alkanes of at least 4 members (excludes halogenated alkanes) is 4. The summed E-state index contributed by atoms with van der Waals surface area (Å²) in [6.07, 6.45) is 31.7. The Labute approximate surface area is 321 Å². The highest BCUT2D eigenvalue weighted by molar-refractivity contribution is 7.85. The van der Waals surface area contributed by atoms with Gasteiger partial charge in [0, 0.05) is 12.8 Å². The summed E-state index contributed by atoms with van der Waals surface area (Å²) in [6, 6.07) is 0. The summed E-state index contributed by atoms with van der Waals surface area (Å²) in [7, 11) is -4.62. The number of ether oxygens (including phenoxy) is 4. The monoisotopic (exact) mass is 776 g/mol. The molecule has 4 N–H and O–H groups in total. The summed E-state index contributed by atoms with van der Waals surface area (Å²) >= 11 is 0. The zero-order chi connectivity index (χ0) is 39.9. The van der Waals surface area contributed by atoms with Crippen molar-refractivity contribution in [2.75, 3.05) is 19.0 Å². The van der Waals surface area contributed by atoms with E-state index in [0.29, 0.717) is 19.3 Å². The lowest BCUT2D eigenvalue weighted by Gasteiger charge is -2.40. The van der Waals surface area contributed by atoms with Crippen LogP contribution < -0.4 is 0 Å². The van der Waals surface area contributed by atoms with Crippen LogP contribution in [0.2, 0.25) is 0 Å². The Morgan fingerprint density at radius 3 is 1.67 bits per heavy atom. The molecule has 0 radical (unpaired) electrons. The van der Waals surface area contributed by atoms with Crippen LogP contribution >= 0.6 is 0 Å². The molecular formula is C41H60O12S. The van der Waals surface area contributed by atoms with Crippen LogP contribution in [-0.2, 0) is 38.7 Å². The molecule has 0 saturated carbocycles. The van der Waals surface area contributed by atoms with Crippen LogP contribution in [-0.4, -0.2) is 96.0 Å². The molecule has 0 aromatic heterocycles. The summed E-state index contributed by atoms with van der Waals surface area (Å²) < 4.78 is 53.6. The molecule has 1 heterocycles. The number of rotatable bonds is 27. The van der Waals surface area contributed by atoms with Gasteiger partial charge in [0.1, 0.15) is 36.8 Å². The van der Waals surface area contributed by atoms with Gasteiger partial charge in [-0.05, 0) is 44.9 Å². The third kappa shape index (κ3) is 25.4. The maximum absolute atomic E-state index is 12.7. The van der Waals surface area contributed by atoms with Gasteiger partial charge in [0.15, 0.2) is 12.4 Å². The molecular weight excluding hydrogens is 717 g/mol. The van der Waals surface area contributed by atoms with Crippen LogP contribution in [0.25, 0.3) is 0 Å². The summed E-state index contributed by atoms with van der Waals surface area (Å²) in [5, 5.41) is 30.7. The van der Waals surface area contributed by atoms with Crippen molar-refractivity contribution in [2.24, 2.45) is 0 Å². The molecule has 1 aliphatic rings. The van der Waals surface area contributed by atoms with Crippen LogP contribution in [0, 0.1) is 0 Å². The van der Waals surface area contributed by atoms with Gasteiger partial charge in [-0.3, -0.25) is 14.1 Å². The fourth-order valence-corrected chi connectivity index (χ4v) is 5.40. The average molecular weight is 777 g/mol. The number of aliphatic hydroxyl groups is 3. The molecule has 0 bridgehead atoms. The Bertz CT molecular complexity index is 1420. The molecule has 6 atom stereocenters. The highest BCUT2D eigenvalue weighted by Crippen LogP contribution is 2.23. The maximum Gasteiger partial charge on any atom is 0.306 e. The van der Waals surface area contributed by atoms with Gasteiger partial charge < -0.3 is 34.3 Å². The second-order valence-electron chi connectivity index (χ2n) is 12.3. The normalized spacial score (nSPS) is 22.2. The molecule has 302 valence electrons. The molecule has 0 aromatic carbocycles. The number of carbonyl (C=O) groups is 2. The minimum atomic E-state index is -4.62. The maximum atomic E-state index is 12.7. The molecule has 0 aliphatic carbocycles. The van der Waals surface area contributed by atoms with Crippen LogP contribution in [0.3, 0.4) is 0 Å². The van der Waals surface area contributed by atoms with Crippen molar-refractivity contribution >= 4 is 22.1 Å². The van der Waals surface area contributed by atoms with Crippen molar-refractivity contribution in [3.8, 4) is 0 Å². The van der Waals surface area contributed by atoms with Crippen LogP contribution in [0.1, 0.15) is 78.1 Å². The highest BCUT2D eigenvalue weighted by Gasteiger charge is 2.46. The minimum Gasteiger partial charge on any atom is -0.462 e. The van der Waals surface area contributed by atoms with Crippen molar-refractivity contribution in [1.29, 1.82) is 0 Å². The van der Waals surface area contributed by atoms with E-state index in [2.05, 4.69) is 26.0 Å². The predicted molar refractivity (Wildman–Crippen MR) is 210 cm³/mol. The molecule has 12 nitrogen and oxygen atoms in total. The van der Waals surface area contributed by atoms with E-state index >= 15 is 0 Å². The number of hydrogen-bond donors (Lipinski definition) is 4. The first-order valence-corrected chi connectivity index (χ1v) is 20.2. The smallest absolute Gasteiger partial charge is 0.306 e. The lowest BCUT2D eigenvalue weighted by molar-refractivity contribution is -0.297. The van der Waals surface area contributed by atoms with Gasteiger partial charge in [-0.2, -0.15) is 8.42 Å². The molecule has 1 rings (SSSR count). The zero-order valence-electron chi connectivity index (χ0n) is 31.5. The summed E-state index contributed by atoms with van der Waals surface area (Å²) in [5.74, 6) is -2.16. The van der Waals surface area contributed by atoms with Crippen molar-refractivity contribution in [3.05, 3.63) is 109 Å². The Hall–Kier alpha value is -3.69. The quantitative estimate of drug-likeness (QED) is 0.0326. The highest BCUT2D eigenvalue weighted by atomic mass is 32.2. The molecule has 54 heavy (non-hydrogen) atoms. The van der Waals surface area contributed by atoms with Gasteiger partial charge in [0.05, 0.1) is 6.61 Å². The van der Waals surface area contributed by atoms with E-state index < -0.39 is 71.2 Å². The van der Waals surface area contributed by atoms with Crippen molar-refractivity contribution in [1.82, 2.24) is 0 Å². The summed E-state index contributed by atoms with van der Waals surface area (Å²) in [5.41, 5.74) is 0. The van der Waals surface area contributed by atoms with Crippen molar-refractivity contribution in [3.63, 3.8) is 0 Å². The van der Waals surface area contributed by atoms with Gasteiger partial charge in [0.2, 0.25) is 0 Å². The van der Waals surface area contributed by atoms with Crippen molar-refractivity contribution < 1.29 is 56.8 Å². The van der Waals surface area contributed by atoms with Gasteiger partial charge >= 0.3 is 11.9 Å². The topological polar surface area (TPSA) is 186 Å². The van der Waals surface area contributed by atoms with E-state index in [0.717, 1.165) is 32.1 Å². The Kier molecular flexibility index (Phi) is 27.4. The third-order valence-electron chi connectivity index (χ3n) is 7.57. The molecule has 0 amide bonds.